The van der Waals surface area contributed by atoms with Crippen LogP contribution in [0.4, 0.5) is 13.2 Å². The molecule has 0 aliphatic heterocycles. The third-order valence-corrected chi connectivity index (χ3v) is 3.81. The van der Waals surface area contributed by atoms with E-state index in [2.05, 4.69) is 7.28 Å². The number of hydrogen-bond donors (Lipinski definition) is 0. The SMILES string of the molecule is Cc1sccc1[B]CCc1cccc(C(F)(F)F)c1. The van der Waals surface area contributed by atoms with E-state index in [1.165, 1.54) is 22.5 Å². The van der Waals surface area contributed by atoms with E-state index < -0.39 is 11.7 Å². The summed E-state index contributed by atoms with van der Waals surface area (Å²) in [6.07, 6.45) is -2.89. The van der Waals surface area contributed by atoms with E-state index in [0.29, 0.717) is 6.42 Å². The molecular formula is C14H13BF3S. The van der Waals surface area contributed by atoms with Gasteiger partial charge in [0, 0.05) is 0 Å². The van der Waals surface area contributed by atoms with Crippen molar-refractivity contribution in [3.05, 3.63) is 51.7 Å². The summed E-state index contributed by atoms with van der Waals surface area (Å²) in [7, 11) is 2.08. The van der Waals surface area contributed by atoms with Crippen LogP contribution in [0.15, 0.2) is 35.7 Å². The van der Waals surface area contributed by atoms with Crippen LogP contribution in [0.3, 0.4) is 0 Å². The molecule has 0 aliphatic carbocycles. The molecule has 99 valence electrons. The Balaban J connectivity index is 1.95. The van der Waals surface area contributed by atoms with Crippen LogP contribution in [0.1, 0.15) is 16.0 Å². The van der Waals surface area contributed by atoms with E-state index in [4.69, 9.17) is 0 Å². The van der Waals surface area contributed by atoms with Crippen molar-refractivity contribution >= 4 is 24.1 Å². The van der Waals surface area contributed by atoms with Crippen molar-refractivity contribution in [2.75, 3.05) is 0 Å². The number of thiophene rings is 1. The van der Waals surface area contributed by atoms with E-state index in [1.54, 1.807) is 17.4 Å². The van der Waals surface area contributed by atoms with Crippen LogP contribution in [0.5, 0.6) is 0 Å². The van der Waals surface area contributed by atoms with Gasteiger partial charge in [-0.05, 0) is 35.2 Å². The van der Waals surface area contributed by atoms with Crippen molar-refractivity contribution < 1.29 is 13.2 Å². The molecule has 1 radical (unpaired) electrons. The Bertz CT molecular complexity index is 546. The molecule has 2 rings (SSSR count). The molecule has 0 unspecified atom stereocenters. The Morgan fingerprint density at radius 1 is 1.21 bits per heavy atom. The fourth-order valence-electron chi connectivity index (χ4n) is 1.90. The van der Waals surface area contributed by atoms with Crippen molar-refractivity contribution in [2.45, 2.75) is 25.8 Å². The largest absolute Gasteiger partial charge is 0.416 e. The van der Waals surface area contributed by atoms with E-state index in [-0.39, 0.29) is 0 Å². The zero-order chi connectivity index (χ0) is 13.9. The van der Waals surface area contributed by atoms with Gasteiger partial charge in [-0.3, -0.25) is 0 Å². The molecule has 0 saturated heterocycles. The standard InChI is InChI=1S/C14H13BF3S/c1-10-13(6-8-19-10)15-7-5-11-3-2-4-12(9-11)14(16,17)18/h2-4,6,8-9H,5,7H2,1H3. The van der Waals surface area contributed by atoms with E-state index >= 15 is 0 Å². The molecule has 0 spiro atoms. The van der Waals surface area contributed by atoms with Crippen molar-refractivity contribution in [3.63, 3.8) is 0 Å². The second kappa shape index (κ2) is 5.82. The second-order valence-electron chi connectivity index (χ2n) is 4.37. The minimum atomic E-state index is -4.26. The first-order valence-corrected chi connectivity index (χ1v) is 6.88. The summed E-state index contributed by atoms with van der Waals surface area (Å²) in [5, 5.41) is 2.02. The average molecular weight is 281 g/mol. The van der Waals surface area contributed by atoms with Gasteiger partial charge in [0.1, 0.15) is 0 Å². The molecule has 0 fully saturated rings. The minimum absolute atomic E-state index is 0.572. The molecule has 5 heteroatoms. The van der Waals surface area contributed by atoms with Gasteiger partial charge in [0.05, 0.1) is 5.56 Å². The molecule has 0 amide bonds. The zero-order valence-corrected chi connectivity index (χ0v) is 11.3. The molecule has 0 aliphatic rings. The predicted octanol–water partition coefficient (Wildman–Crippen LogP) is 4.07. The first kappa shape index (κ1) is 14.2. The van der Waals surface area contributed by atoms with Gasteiger partial charge in [0.25, 0.3) is 0 Å². The Morgan fingerprint density at radius 3 is 2.63 bits per heavy atom. The molecule has 0 nitrogen and oxygen atoms in total. The summed E-state index contributed by atoms with van der Waals surface area (Å²) in [6.45, 7) is 2.04. The fourth-order valence-corrected chi connectivity index (χ4v) is 2.61. The number of aryl methyl sites for hydroxylation is 2. The van der Waals surface area contributed by atoms with Gasteiger partial charge in [-0.1, -0.05) is 36.0 Å². The molecule has 1 aromatic carbocycles. The van der Waals surface area contributed by atoms with Gasteiger partial charge in [0.15, 0.2) is 7.28 Å². The minimum Gasteiger partial charge on any atom is -0.166 e. The molecule has 0 bridgehead atoms. The molecule has 1 aromatic heterocycles. The number of rotatable bonds is 4. The fraction of sp³-hybridized carbons (Fsp3) is 0.286. The maximum Gasteiger partial charge on any atom is 0.416 e. The molecule has 1 heterocycles. The van der Waals surface area contributed by atoms with E-state index in [0.717, 1.165) is 17.9 Å². The molecule has 0 atom stereocenters. The first-order valence-electron chi connectivity index (χ1n) is 6.00. The maximum absolute atomic E-state index is 12.6. The summed E-state index contributed by atoms with van der Waals surface area (Å²) in [5.74, 6) is 0. The van der Waals surface area contributed by atoms with Gasteiger partial charge in [-0.25, -0.2) is 0 Å². The van der Waals surface area contributed by atoms with Gasteiger partial charge >= 0.3 is 6.18 Å². The molecule has 0 saturated carbocycles. The van der Waals surface area contributed by atoms with Crippen molar-refractivity contribution in [1.29, 1.82) is 0 Å². The lowest BCUT2D eigenvalue weighted by Crippen LogP contribution is -2.14. The predicted molar refractivity (Wildman–Crippen MR) is 74.4 cm³/mol. The highest BCUT2D eigenvalue weighted by Gasteiger charge is 2.30. The molecular weight excluding hydrogens is 268 g/mol. The highest BCUT2D eigenvalue weighted by atomic mass is 32.1. The van der Waals surface area contributed by atoms with E-state index in [1.807, 2.05) is 18.4 Å². The van der Waals surface area contributed by atoms with Crippen molar-refractivity contribution in [2.24, 2.45) is 0 Å². The topological polar surface area (TPSA) is 0 Å². The van der Waals surface area contributed by atoms with Crippen LogP contribution in [0, 0.1) is 6.92 Å². The zero-order valence-electron chi connectivity index (χ0n) is 10.5. The number of hydrogen-bond acceptors (Lipinski definition) is 1. The molecule has 0 N–H and O–H groups in total. The van der Waals surface area contributed by atoms with Crippen LogP contribution in [0.25, 0.3) is 0 Å². The lowest BCUT2D eigenvalue weighted by atomic mass is 9.66. The maximum atomic E-state index is 12.6. The van der Waals surface area contributed by atoms with Crippen LogP contribution < -0.4 is 5.46 Å². The summed E-state index contributed by atoms with van der Waals surface area (Å²) < 4.78 is 37.7. The summed E-state index contributed by atoms with van der Waals surface area (Å²) in [6, 6.07) is 7.58. The Morgan fingerprint density at radius 2 is 2.00 bits per heavy atom. The number of alkyl halides is 3. The quantitative estimate of drug-likeness (QED) is 0.741. The summed E-state index contributed by atoms with van der Waals surface area (Å²) in [4.78, 5) is 1.24. The Hall–Kier alpha value is -1.23. The summed E-state index contributed by atoms with van der Waals surface area (Å²) >= 11 is 1.68. The smallest absolute Gasteiger partial charge is 0.166 e. The molecule has 2 aromatic rings. The molecule has 19 heavy (non-hydrogen) atoms. The van der Waals surface area contributed by atoms with E-state index in [9.17, 15) is 13.2 Å². The third-order valence-electron chi connectivity index (χ3n) is 2.95. The second-order valence-corrected chi connectivity index (χ2v) is 5.49. The van der Waals surface area contributed by atoms with Crippen LogP contribution in [-0.2, 0) is 12.6 Å². The van der Waals surface area contributed by atoms with Crippen LogP contribution >= 0.6 is 11.3 Å². The first-order chi connectivity index (χ1) is 8.97. The Kier molecular flexibility index (Phi) is 4.35. The highest BCUT2D eigenvalue weighted by Crippen LogP contribution is 2.29. The van der Waals surface area contributed by atoms with Gasteiger partial charge in [0.2, 0.25) is 0 Å². The lowest BCUT2D eigenvalue weighted by molar-refractivity contribution is -0.137. The monoisotopic (exact) mass is 281 g/mol. The van der Waals surface area contributed by atoms with Gasteiger partial charge < -0.3 is 0 Å². The van der Waals surface area contributed by atoms with Crippen molar-refractivity contribution in [3.8, 4) is 0 Å². The number of benzene rings is 1. The Labute approximate surface area is 115 Å². The van der Waals surface area contributed by atoms with Crippen molar-refractivity contribution in [1.82, 2.24) is 0 Å². The van der Waals surface area contributed by atoms with Crippen LogP contribution in [0.2, 0.25) is 6.32 Å². The van der Waals surface area contributed by atoms with Gasteiger partial charge in [-0.2, -0.15) is 13.2 Å². The van der Waals surface area contributed by atoms with Crippen LogP contribution in [-0.4, -0.2) is 7.28 Å². The summed E-state index contributed by atoms with van der Waals surface area (Å²) in [5.41, 5.74) is 1.33. The lowest BCUT2D eigenvalue weighted by Gasteiger charge is -2.08. The average Bonchev–Trinajstić information content (AvgIpc) is 2.75. The highest BCUT2D eigenvalue weighted by molar-refractivity contribution is 7.11. The van der Waals surface area contributed by atoms with Gasteiger partial charge in [-0.15, -0.1) is 11.3 Å². The third kappa shape index (κ3) is 3.87. The normalized spacial score (nSPS) is 11.6. The number of halogens is 3.